The Balaban J connectivity index is 1.47. The summed E-state index contributed by atoms with van der Waals surface area (Å²) in [7, 11) is 0. The van der Waals surface area contributed by atoms with E-state index in [-0.39, 0.29) is 12.1 Å². The normalized spacial score (nSPS) is 26.1. The fourth-order valence-electron chi connectivity index (χ4n) is 4.65. The maximum atomic E-state index is 13.1. The van der Waals surface area contributed by atoms with Crippen LogP contribution in [0.3, 0.4) is 0 Å². The van der Waals surface area contributed by atoms with E-state index < -0.39 is 0 Å². The van der Waals surface area contributed by atoms with E-state index in [1.165, 1.54) is 0 Å². The Morgan fingerprint density at radius 1 is 1.29 bits per heavy atom. The lowest BCUT2D eigenvalue weighted by Gasteiger charge is -2.36. The molecule has 0 saturated carbocycles. The number of carbonyl (C=O) groups excluding carboxylic acids is 1. The van der Waals surface area contributed by atoms with Crippen molar-refractivity contribution in [1.82, 2.24) is 20.3 Å². The lowest BCUT2D eigenvalue weighted by molar-refractivity contribution is 0.254. The van der Waals surface area contributed by atoms with Gasteiger partial charge in [0.05, 0.1) is 17.9 Å². The average Bonchev–Trinajstić information content (AvgIpc) is 3.13. The van der Waals surface area contributed by atoms with Crippen LogP contribution in [-0.2, 0) is 0 Å². The highest BCUT2D eigenvalue weighted by atomic mass is 16.2. The predicted octanol–water partition coefficient (Wildman–Crippen LogP) is 2.36. The second-order valence-corrected chi connectivity index (χ2v) is 7.93. The third-order valence-corrected chi connectivity index (χ3v) is 6.03. The minimum atomic E-state index is -0.184. The molecule has 3 aliphatic rings. The number of amides is 2. The van der Waals surface area contributed by atoms with E-state index in [1.54, 1.807) is 18.6 Å². The number of nitrogens with zero attached hydrogens (tertiary/aromatic N) is 5. The number of urea groups is 1. The standard InChI is InChI=1S/C20H25N7O/c1-13-10-14(4-6-22-13)16-2-3-17-19(24-16)27(15-5-9-26(17)12-15)20(28)25-18-11-21-7-8-23-18/h2-3,7-8,11,13-15,22H,4-6,9-10,12H2,1H3,(H,23,25,28)/t13-,14?,15+/m1/s1. The first kappa shape index (κ1) is 17.4. The zero-order valence-electron chi connectivity index (χ0n) is 16.0. The number of aromatic nitrogens is 3. The highest BCUT2D eigenvalue weighted by Crippen LogP contribution is 2.40. The molecule has 3 atom stereocenters. The van der Waals surface area contributed by atoms with E-state index in [0.29, 0.717) is 17.8 Å². The van der Waals surface area contributed by atoms with Gasteiger partial charge in [-0.15, -0.1) is 0 Å². The first-order chi connectivity index (χ1) is 13.7. The summed E-state index contributed by atoms with van der Waals surface area (Å²) in [5.41, 5.74) is 2.14. The third kappa shape index (κ3) is 3.07. The van der Waals surface area contributed by atoms with Crippen molar-refractivity contribution in [1.29, 1.82) is 0 Å². The SMILES string of the molecule is C[C@@H]1CC(c2ccc3c(n2)N(C(=O)Nc2cnccn2)[C@H]2CCN3C2)CCN1. The van der Waals surface area contributed by atoms with E-state index in [2.05, 4.69) is 44.6 Å². The minimum absolute atomic E-state index is 0.138. The smallest absolute Gasteiger partial charge is 0.329 e. The van der Waals surface area contributed by atoms with Gasteiger partial charge < -0.3 is 10.2 Å². The topological polar surface area (TPSA) is 86.3 Å². The van der Waals surface area contributed by atoms with E-state index in [0.717, 1.165) is 56.1 Å². The molecular weight excluding hydrogens is 354 g/mol. The molecule has 2 bridgehead atoms. The molecule has 5 rings (SSSR count). The molecule has 2 fully saturated rings. The van der Waals surface area contributed by atoms with Gasteiger partial charge in [-0.1, -0.05) is 0 Å². The van der Waals surface area contributed by atoms with Gasteiger partial charge >= 0.3 is 6.03 Å². The Morgan fingerprint density at radius 2 is 2.21 bits per heavy atom. The summed E-state index contributed by atoms with van der Waals surface area (Å²) >= 11 is 0. The molecule has 8 heteroatoms. The minimum Gasteiger partial charge on any atom is -0.366 e. The van der Waals surface area contributed by atoms with Crippen LogP contribution in [-0.4, -0.2) is 52.7 Å². The Kier molecular flexibility index (Phi) is 4.35. The van der Waals surface area contributed by atoms with Crippen molar-refractivity contribution < 1.29 is 4.79 Å². The lowest BCUT2D eigenvalue weighted by Crippen LogP contribution is -2.48. The van der Waals surface area contributed by atoms with Crippen molar-refractivity contribution in [2.24, 2.45) is 0 Å². The van der Waals surface area contributed by atoms with Crippen LogP contribution in [0.1, 0.15) is 37.8 Å². The summed E-state index contributed by atoms with van der Waals surface area (Å²) in [4.78, 5) is 30.5. The summed E-state index contributed by atoms with van der Waals surface area (Å²) in [6, 6.07) is 4.75. The van der Waals surface area contributed by atoms with Crippen LogP contribution in [0.4, 0.5) is 22.1 Å². The second-order valence-electron chi connectivity index (χ2n) is 7.93. The molecular formula is C20H25N7O. The van der Waals surface area contributed by atoms with Gasteiger partial charge in [0, 0.05) is 43.1 Å². The molecule has 2 saturated heterocycles. The number of carbonyl (C=O) groups is 1. The van der Waals surface area contributed by atoms with Crippen molar-refractivity contribution in [3.63, 3.8) is 0 Å². The summed E-state index contributed by atoms with van der Waals surface area (Å²) in [6.07, 6.45) is 7.83. The molecule has 0 radical (unpaired) electrons. The molecule has 0 aliphatic carbocycles. The Bertz CT molecular complexity index is 874. The largest absolute Gasteiger partial charge is 0.366 e. The number of pyridine rings is 1. The fourth-order valence-corrected chi connectivity index (χ4v) is 4.65. The Morgan fingerprint density at radius 3 is 3.04 bits per heavy atom. The van der Waals surface area contributed by atoms with Crippen molar-refractivity contribution in [3.05, 3.63) is 36.4 Å². The van der Waals surface area contributed by atoms with Crippen LogP contribution in [0.2, 0.25) is 0 Å². The monoisotopic (exact) mass is 379 g/mol. The zero-order valence-corrected chi connectivity index (χ0v) is 16.0. The molecule has 5 heterocycles. The van der Waals surface area contributed by atoms with Gasteiger partial charge in [0.1, 0.15) is 0 Å². The summed E-state index contributed by atoms with van der Waals surface area (Å²) < 4.78 is 0. The maximum absolute atomic E-state index is 13.1. The van der Waals surface area contributed by atoms with Gasteiger partial charge in [-0.05, 0) is 44.9 Å². The molecule has 2 aromatic heterocycles. The molecule has 0 spiro atoms. The summed E-state index contributed by atoms with van der Waals surface area (Å²) in [5.74, 6) is 1.66. The van der Waals surface area contributed by atoms with Gasteiger partial charge in [-0.3, -0.25) is 15.2 Å². The number of rotatable bonds is 2. The second kappa shape index (κ2) is 7.01. The molecule has 3 aliphatic heterocycles. The lowest BCUT2D eigenvalue weighted by atomic mass is 9.90. The predicted molar refractivity (Wildman–Crippen MR) is 108 cm³/mol. The van der Waals surface area contributed by atoms with Gasteiger partial charge in [-0.2, -0.15) is 0 Å². The van der Waals surface area contributed by atoms with Crippen LogP contribution in [0.15, 0.2) is 30.7 Å². The Hall–Kier alpha value is -2.74. The van der Waals surface area contributed by atoms with E-state index in [4.69, 9.17) is 4.98 Å². The molecule has 2 aromatic rings. The van der Waals surface area contributed by atoms with Crippen molar-refractivity contribution in [2.75, 3.05) is 34.8 Å². The number of hydrogen-bond acceptors (Lipinski definition) is 6. The molecule has 2 N–H and O–H groups in total. The van der Waals surface area contributed by atoms with E-state index >= 15 is 0 Å². The fraction of sp³-hybridized carbons (Fsp3) is 0.500. The molecule has 1 unspecified atom stereocenters. The van der Waals surface area contributed by atoms with Crippen molar-refractivity contribution >= 4 is 23.4 Å². The van der Waals surface area contributed by atoms with Crippen LogP contribution in [0.25, 0.3) is 0 Å². The number of hydrogen-bond donors (Lipinski definition) is 2. The van der Waals surface area contributed by atoms with Crippen LogP contribution in [0.5, 0.6) is 0 Å². The maximum Gasteiger partial charge on any atom is 0.329 e. The van der Waals surface area contributed by atoms with Gasteiger partial charge in [0.25, 0.3) is 0 Å². The zero-order chi connectivity index (χ0) is 19.1. The van der Waals surface area contributed by atoms with E-state index in [1.807, 2.05) is 4.90 Å². The number of nitrogens with one attached hydrogen (secondary N) is 2. The van der Waals surface area contributed by atoms with Crippen LogP contribution < -0.4 is 20.4 Å². The molecule has 28 heavy (non-hydrogen) atoms. The van der Waals surface area contributed by atoms with Gasteiger partial charge in [0.15, 0.2) is 11.6 Å². The van der Waals surface area contributed by atoms with Crippen LogP contribution in [0, 0.1) is 0 Å². The van der Waals surface area contributed by atoms with Crippen LogP contribution >= 0.6 is 0 Å². The highest BCUT2D eigenvalue weighted by molar-refractivity contribution is 6.04. The summed E-state index contributed by atoms with van der Waals surface area (Å²) in [5, 5.41) is 6.39. The van der Waals surface area contributed by atoms with Crippen molar-refractivity contribution in [2.45, 2.75) is 44.2 Å². The first-order valence-corrected chi connectivity index (χ1v) is 10.0. The molecule has 2 amide bonds. The summed E-state index contributed by atoms with van der Waals surface area (Å²) in [6.45, 7) is 5.04. The molecule has 146 valence electrons. The third-order valence-electron chi connectivity index (χ3n) is 6.03. The number of fused-ring (bicyclic) bond motifs is 4. The molecule has 0 aromatic carbocycles. The Labute approximate surface area is 164 Å². The van der Waals surface area contributed by atoms with E-state index in [9.17, 15) is 4.79 Å². The van der Waals surface area contributed by atoms with Gasteiger partial charge in [-0.25, -0.2) is 14.8 Å². The number of anilines is 3. The number of piperidine rings is 1. The van der Waals surface area contributed by atoms with Crippen molar-refractivity contribution in [3.8, 4) is 0 Å². The average molecular weight is 379 g/mol. The quantitative estimate of drug-likeness (QED) is 0.833. The first-order valence-electron chi connectivity index (χ1n) is 10.0. The highest BCUT2D eigenvalue weighted by Gasteiger charge is 2.40. The van der Waals surface area contributed by atoms with Gasteiger partial charge in [0.2, 0.25) is 0 Å². The molecule has 8 nitrogen and oxygen atoms in total.